The lowest BCUT2D eigenvalue weighted by Gasteiger charge is -2.34. The molecule has 0 amide bonds. The number of aromatic amines is 1. The highest BCUT2D eigenvalue weighted by Gasteiger charge is 2.27. The molecule has 134 valence electrons. The van der Waals surface area contributed by atoms with Gasteiger partial charge < -0.3 is 9.72 Å². The number of aromatic nitrogens is 2. The van der Waals surface area contributed by atoms with Crippen molar-refractivity contribution < 1.29 is 9.13 Å². The monoisotopic (exact) mass is 371 g/mol. The van der Waals surface area contributed by atoms with E-state index in [1.807, 2.05) is 24.3 Å². The zero-order valence-corrected chi connectivity index (χ0v) is 14.9. The van der Waals surface area contributed by atoms with Gasteiger partial charge in [0.05, 0.1) is 31.1 Å². The molecule has 6 heteroatoms. The maximum absolute atomic E-state index is 13.1. The van der Waals surface area contributed by atoms with E-state index >= 15 is 0 Å². The maximum Gasteiger partial charge on any atom is 0.126 e. The minimum absolute atomic E-state index is 0.0497. The molecule has 1 aliphatic rings. The van der Waals surface area contributed by atoms with Crippen molar-refractivity contribution in [2.45, 2.75) is 12.6 Å². The second kappa shape index (κ2) is 7.58. The molecule has 26 heavy (non-hydrogen) atoms. The number of nitrogens with zero attached hydrogens (tertiary/aromatic N) is 2. The number of hydrogen-bond acceptors (Lipinski definition) is 3. The molecule has 2 aromatic carbocycles. The van der Waals surface area contributed by atoms with Crippen molar-refractivity contribution in [2.75, 3.05) is 19.8 Å². The van der Waals surface area contributed by atoms with Gasteiger partial charge in [-0.3, -0.25) is 4.90 Å². The van der Waals surface area contributed by atoms with Crippen LogP contribution in [0.1, 0.15) is 17.4 Å². The van der Waals surface area contributed by atoms with Crippen molar-refractivity contribution in [3.63, 3.8) is 0 Å². The van der Waals surface area contributed by atoms with E-state index in [4.69, 9.17) is 16.3 Å². The quantitative estimate of drug-likeness (QED) is 0.737. The molecule has 3 aromatic rings. The SMILES string of the molecule is Fc1ccc(-c2cnc([C@@H]3COCCN3Cc3ccc(Cl)cc3)[nH]2)cc1. The lowest BCUT2D eigenvalue weighted by Crippen LogP contribution is -2.39. The minimum atomic E-state index is -0.247. The van der Waals surface area contributed by atoms with Crippen LogP contribution in [0.5, 0.6) is 0 Å². The van der Waals surface area contributed by atoms with E-state index in [0.717, 1.165) is 35.2 Å². The number of imidazole rings is 1. The summed E-state index contributed by atoms with van der Waals surface area (Å²) in [6.07, 6.45) is 1.79. The van der Waals surface area contributed by atoms with Gasteiger partial charge >= 0.3 is 0 Å². The van der Waals surface area contributed by atoms with Crippen LogP contribution in [-0.2, 0) is 11.3 Å². The number of nitrogens with one attached hydrogen (secondary N) is 1. The lowest BCUT2D eigenvalue weighted by atomic mass is 10.1. The third-order valence-corrected chi connectivity index (χ3v) is 4.86. The van der Waals surface area contributed by atoms with E-state index < -0.39 is 0 Å². The van der Waals surface area contributed by atoms with Gasteiger partial charge in [0.2, 0.25) is 0 Å². The van der Waals surface area contributed by atoms with Crippen LogP contribution in [0, 0.1) is 5.82 Å². The second-order valence-electron chi connectivity index (χ2n) is 6.38. The molecule has 0 saturated carbocycles. The van der Waals surface area contributed by atoms with Crippen LogP contribution in [-0.4, -0.2) is 34.6 Å². The summed E-state index contributed by atoms with van der Waals surface area (Å²) in [6, 6.07) is 14.3. The Morgan fingerprint density at radius 1 is 1.15 bits per heavy atom. The largest absolute Gasteiger partial charge is 0.378 e. The number of morpholine rings is 1. The maximum atomic E-state index is 13.1. The molecule has 1 saturated heterocycles. The Labute approximate surface area is 156 Å². The Bertz CT molecular complexity index is 864. The summed E-state index contributed by atoms with van der Waals surface area (Å²) in [5.74, 6) is 0.612. The van der Waals surface area contributed by atoms with Gasteiger partial charge in [0, 0.05) is 18.1 Å². The summed E-state index contributed by atoms with van der Waals surface area (Å²) in [4.78, 5) is 10.3. The van der Waals surface area contributed by atoms with Gasteiger partial charge in [-0.25, -0.2) is 9.37 Å². The van der Waals surface area contributed by atoms with Crippen molar-refractivity contribution in [1.82, 2.24) is 14.9 Å². The molecule has 4 nitrogen and oxygen atoms in total. The fraction of sp³-hybridized carbons (Fsp3) is 0.250. The van der Waals surface area contributed by atoms with Crippen molar-refractivity contribution in [3.8, 4) is 11.3 Å². The van der Waals surface area contributed by atoms with Crippen LogP contribution in [0.15, 0.2) is 54.7 Å². The highest BCUT2D eigenvalue weighted by Crippen LogP contribution is 2.27. The second-order valence-corrected chi connectivity index (χ2v) is 6.81. The van der Waals surface area contributed by atoms with Crippen molar-refractivity contribution in [1.29, 1.82) is 0 Å². The van der Waals surface area contributed by atoms with E-state index in [-0.39, 0.29) is 11.9 Å². The van der Waals surface area contributed by atoms with Crippen molar-refractivity contribution in [2.24, 2.45) is 0 Å². The Morgan fingerprint density at radius 3 is 2.69 bits per heavy atom. The number of ether oxygens (including phenoxy) is 1. The van der Waals surface area contributed by atoms with Crippen molar-refractivity contribution >= 4 is 11.6 Å². The third kappa shape index (κ3) is 3.80. The number of hydrogen-bond donors (Lipinski definition) is 1. The van der Waals surface area contributed by atoms with Gasteiger partial charge in [-0.05, 0) is 47.5 Å². The van der Waals surface area contributed by atoms with E-state index in [2.05, 4.69) is 14.9 Å². The molecular formula is C20H19ClFN3O. The summed E-state index contributed by atoms with van der Waals surface area (Å²) >= 11 is 5.98. The van der Waals surface area contributed by atoms with Crippen LogP contribution in [0.2, 0.25) is 5.02 Å². The first-order valence-corrected chi connectivity index (χ1v) is 8.94. The van der Waals surface area contributed by atoms with Crippen LogP contribution >= 0.6 is 11.6 Å². The summed E-state index contributed by atoms with van der Waals surface area (Å²) in [7, 11) is 0. The summed E-state index contributed by atoms with van der Waals surface area (Å²) < 4.78 is 18.8. The van der Waals surface area contributed by atoms with Gasteiger partial charge in [-0.2, -0.15) is 0 Å². The average molecular weight is 372 g/mol. The van der Waals surface area contributed by atoms with Gasteiger partial charge in [-0.1, -0.05) is 23.7 Å². The first-order chi connectivity index (χ1) is 12.7. The lowest BCUT2D eigenvalue weighted by molar-refractivity contribution is -0.0156. The zero-order chi connectivity index (χ0) is 17.9. The van der Waals surface area contributed by atoms with Crippen LogP contribution in [0.25, 0.3) is 11.3 Å². The van der Waals surface area contributed by atoms with Gasteiger partial charge in [0.25, 0.3) is 0 Å². The Kier molecular flexibility index (Phi) is 5.02. The Hall–Kier alpha value is -2.21. The Morgan fingerprint density at radius 2 is 1.92 bits per heavy atom. The fourth-order valence-electron chi connectivity index (χ4n) is 3.19. The molecular weight excluding hydrogens is 353 g/mol. The summed E-state index contributed by atoms with van der Waals surface area (Å²) in [5, 5.41) is 0.738. The number of halogens is 2. The third-order valence-electron chi connectivity index (χ3n) is 4.60. The minimum Gasteiger partial charge on any atom is -0.378 e. The van der Waals surface area contributed by atoms with Crippen LogP contribution in [0.4, 0.5) is 4.39 Å². The molecule has 1 N–H and O–H groups in total. The zero-order valence-electron chi connectivity index (χ0n) is 14.2. The molecule has 1 aromatic heterocycles. The topological polar surface area (TPSA) is 41.1 Å². The summed E-state index contributed by atoms with van der Waals surface area (Å²) in [5.41, 5.74) is 2.98. The molecule has 0 unspecified atom stereocenters. The number of H-pyrrole nitrogens is 1. The van der Waals surface area contributed by atoms with Crippen molar-refractivity contribution in [3.05, 3.63) is 77.0 Å². The van der Waals surface area contributed by atoms with E-state index in [1.54, 1.807) is 18.3 Å². The average Bonchev–Trinajstić information content (AvgIpc) is 3.15. The molecule has 0 aliphatic carbocycles. The summed E-state index contributed by atoms with van der Waals surface area (Å²) in [6.45, 7) is 2.93. The predicted molar refractivity (Wildman–Crippen MR) is 99.4 cm³/mol. The fourth-order valence-corrected chi connectivity index (χ4v) is 3.31. The number of rotatable bonds is 4. The normalized spacial score (nSPS) is 18.2. The first kappa shape index (κ1) is 17.2. The van der Waals surface area contributed by atoms with Gasteiger partial charge in [-0.15, -0.1) is 0 Å². The Balaban J connectivity index is 1.54. The molecule has 1 fully saturated rings. The smallest absolute Gasteiger partial charge is 0.126 e. The van der Waals surface area contributed by atoms with E-state index in [1.165, 1.54) is 17.7 Å². The molecule has 0 spiro atoms. The standard InChI is InChI=1S/C20H19ClFN3O/c21-16-5-1-14(2-6-16)12-25-9-10-26-13-19(25)20-23-11-18(24-20)15-3-7-17(22)8-4-15/h1-8,11,19H,9-10,12-13H2,(H,23,24)/t19-/m0/s1. The highest BCUT2D eigenvalue weighted by molar-refractivity contribution is 6.30. The van der Waals surface area contributed by atoms with Crippen LogP contribution in [0.3, 0.4) is 0 Å². The van der Waals surface area contributed by atoms with Gasteiger partial charge in [0.1, 0.15) is 11.6 Å². The molecule has 0 bridgehead atoms. The highest BCUT2D eigenvalue weighted by atomic mass is 35.5. The van der Waals surface area contributed by atoms with E-state index in [0.29, 0.717) is 13.2 Å². The molecule has 1 atom stereocenters. The van der Waals surface area contributed by atoms with Gasteiger partial charge in [0.15, 0.2) is 0 Å². The molecule has 2 heterocycles. The molecule has 1 aliphatic heterocycles. The predicted octanol–water partition coefficient (Wildman–Crippen LogP) is 4.44. The van der Waals surface area contributed by atoms with E-state index in [9.17, 15) is 4.39 Å². The van der Waals surface area contributed by atoms with Crippen LogP contribution < -0.4 is 0 Å². The molecule has 0 radical (unpaired) electrons. The first-order valence-electron chi connectivity index (χ1n) is 8.56. The number of benzene rings is 2. The molecule has 4 rings (SSSR count).